The molecule has 27 heavy (non-hydrogen) atoms. The number of aromatic nitrogens is 2. The Morgan fingerprint density at radius 1 is 1.15 bits per heavy atom. The molecule has 0 atom stereocenters. The van der Waals surface area contributed by atoms with E-state index in [1.807, 2.05) is 6.92 Å². The number of carbonyl (C=O) groups excluding carboxylic acids is 3. The van der Waals surface area contributed by atoms with Crippen LogP contribution in [-0.2, 0) is 21.4 Å². The minimum absolute atomic E-state index is 0.344. The molecule has 1 heterocycles. The second-order valence-corrected chi connectivity index (χ2v) is 5.79. The lowest BCUT2D eigenvalue weighted by Gasteiger charge is -2.08. The van der Waals surface area contributed by atoms with Crippen LogP contribution in [0.1, 0.15) is 21.7 Å². The quantitative estimate of drug-likeness (QED) is 0.698. The van der Waals surface area contributed by atoms with Crippen molar-refractivity contribution in [2.45, 2.75) is 13.8 Å². The molecule has 0 saturated heterocycles. The number of carbonyl (C=O) groups is 3. The first-order valence-corrected chi connectivity index (χ1v) is 8.19. The normalized spacial score (nSPS) is 10.2. The van der Waals surface area contributed by atoms with Crippen molar-refractivity contribution in [2.24, 2.45) is 7.05 Å². The first-order chi connectivity index (χ1) is 12.8. The molecule has 9 heteroatoms. The Balaban J connectivity index is 1.76. The van der Waals surface area contributed by atoms with Crippen LogP contribution in [0.3, 0.4) is 0 Å². The molecular formula is C18H22N4O5. The Hall–Kier alpha value is -3.36. The standard InChI is InChI=1S/C18H22N4O5/c1-11-17(12(2)22(3)21-11)20-15(23)10-27-16(24)9-19-18(25)13-5-7-14(26-4)8-6-13/h5-8H,9-10H2,1-4H3,(H,19,25)(H,20,23). The summed E-state index contributed by atoms with van der Waals surface area (Å²) >= 11 is 0. The Morgan fingerprint density at radius 3 is 2.37 bits per heavy atom. The molecule has 1 aromatic heterocycles. The van der Waals surface area contributed by atoms with Gasteiger partial charge in [-0.25, -0.2) is 0 Å². The summed E-state index contributed by atoms with van der Waals surface area (Å²) in [5.74, 6) is -1.01. The third kappa shape index (κ3) is 5.30. The first kappa shape index (κ1) is 20.0. The molecule has 0 aliphatic rings. The minimum atomic E-state index is -0.716. The lowest BCUT2D eigenvalue weighted by atomic mass is 10.2. The number of rotatable bonds is 7. The number of benzene rings is 1. The molecule has 2 N–H and O–H groups in total. The van der Waals surface area contributed by atoms with Crippen molar-refractivity contribution < 1.29 is 23.9 Å². The van der Waals surface area contributed by atoms with Crippen molar-refractivity contribution in [3.63, 3.8) is 0 Å². The summed E-state index contributed by atoms with van der Waals surface area (Å²) in [5, 5.41) is 9.28. The summed E-state index contributed by atoms with van der Waals surface area (Å²) in [6.07, 6.45) is 0. The molecule has 0 aliphatic heterocycles. The number of amides is 2. The number of hydrogen-bond donors (Lipinski definition) is 2. The molecule has 9 nitrogen and oxygen atoms in total. The molecular weight excluding hydrogens is 352 g/mol. The highest BCUT2D eigenvalue weighted by atomic mass is 16.5. The topological polar surface area (TPSA) is 112 Å². The van der Waals surface area contributed by atoms with E-state index >= 15 is 0 Å². The first-order valence-electron chi connectivity index (χ1n) is 8.19. The molecule has 0 fully saturated rings. The van der Waals surface area contributed by atoms with Gasteiger partial charge in [0, 0.05) is 12.6 Å². The smallest absolute Gasteiger partial charge is 0.325 e. The summed E-state index contributed by atoms with van der Waals surface area (Å²) in [6, 6.07) is 6.43. The van der Waals surface area contributed by atoms with Gasteiger partial charge in [0.25, 0.3) is 11.8 Å². The van der Waals surface area contributed by atoms with Gasteiger partial charge in [-0.3, -0.25) is 19.1 Å². The second kappa shape index (κ2) is 8.84. The number of esters is 1. The highest BCUT2D eigenvalue weighted by Gasteiger charge is 2.14. The molecule has 144 valence electrons. The molecule has 0 unspecified atom stereocenters. The molecule has 0 saturated carbocycles. The average molecular weight is 374 g/mol. The van der Waals surface area contributed by atoms with E-state index in [4.69, 9.17) is 9.47 Å². The lowest BCUT2D eigenvalue weighted by Crippen LogP contribution is -2.32. The Morgan fingerprint density at radius 2 is 1.81 bits per heavy atom. The van der Waals surface area contributed by atoms with Gasteiger partial charge in [-0.05, 0) is 38.1 Å². The fourth-order valence-electron chi connectivity index (χ4n) is 2.32. The van der Waals surface area contributed by atoms with E-state index in [-0.39, 0.29) is 6.54 Å². The molecule has 2 aromatic rings. The van der Waals surface area contributed by atoms with Gasteiger partial charge in [0.05, 0.1) is 24.2 Å². The Bertz CT molecular complexity index is 842. The summed E-state index contributed by atoms with van der Waals surface area (Å²) in [4.78, 5) is 35.6. The zero-order valence-electron chi connectivity index (χ0n) is 15.7. The van der Waals surface area contributed by atoms with Crippen LogP contribution in [-0.4, -0.2) is 47.8 Å². The van der Waals surface area contributed by atoms with E-state index in [1.165, 1.54) is 7.11 Å². The predicted octanol–water partition coefficient (Wildman–Crippen LogP) is 0.957. The van der Waals surface area contributed by atoms with Crippen molar-refractivity contribution in [1.82, 2.24) is 15.1 Å². The second-order valence-electron chi connectivity index (χ2n) is 5.79. The van der Waals surface area contributed by atoms with Crippen molar-refractivity contribution in [2.75, 3.05) is 25.6 Å². The van der Waals surface area contributed by atoms with Gasteiger partial charge in [-0.1, -0.05) is 0 Å². The SMILES string of the molecule is COc1ccc(C(=O)NCC(=O)OCC(=O)Nc2c(C)nn(C)c2C)cc1. The van der Waals surface area contributed by atoms with Crippen molar-refractivity contribution in [3.8, 4) is 5.75 Å². The van der Waals surface area contributed by atoms with Crippen LogP contribution >= 0.6 is 0 Å². The van der Waals surface area contributed by atoms with Crippen LogP contribution in [0, 0.1) is 13.8 Å². The van der Waals surface area contributed by atoms with Gasteiger partial charge >= 0.3 is 5.97 Å². The number of hydrogen-bond acceptors (Lipinski definition) is 6. The van der Waals surface area contributed by atoms with E-state index in [0.29, 0.717) is 22.7 Å². The van der Waals surface area contributed by atoms with Crippen molar-refractivity contribution in [1.29, 1.82) is 0 Å². The molecule has 2 amide bonds. The largest absolute Gasteiger partial charge is 0.497 e. The van der Waals surface area contributed by atoms with E-state index in [2.05, 4.69) is 15.7 Å². The van der Waals surface area contributed by atoms with Crippen molar-refractivity contribution in [3.05, 3.63) is 41.2 Å². The maximum atomic E-state index is 12.0. The molecule has 1 aromatic carbocycles. The number of aryl methyl sites for hydroxylation is 2. The highest BCUT2D eigenvalue weighted by molar-refractivity contribution is 5.97. The number of anilines is 1. The van der Waals surface area contributed by atoms with E-state index in [9.17, 15) is 14.4 Å². The van der Waals surface area contributed by atoms with Crippen LogP contribution in [0.2, 0.25) is 0 Å². The van der Waals surface area contributed by atoms with E-state index < -0.39 is 24.4 Å². The number of methoxy groups -OCH3 is 1. The highest BCUT2D eigenvalue weighted by Crippen LogP contribution is 2.18. The Labute approximate surface area is 156 Å². The van der Waals surface area contributed by atoms with Crippen LogP contribution in [0.25, 0.3) is 0 Å². The van der Waals surface area contributed by atoms with Gasteiger partial charge in [-0.15, -0.1) is 0 Å². The summed E-state index contributed by atoms with van der Waals surface area (Å²) < 4.78 is 11.5. The molecule has 0 aliphatic carbocycles. The number of nitrogens with one attached hydrogen (secondary N) is 2. The van der Waals surface area contributed by atoms with Gasteiger partial charge in [0.2, 0.25) is 0 Å². The van der Waals surface area contributed by atoms with Gasteiger partial charge in [0.1, 0.15) is 12.3 Å². The van der Waals surface area contributed by atoms with E-state index in [0.717, 1.165) is 5.69 Å². The maximum absolute atomic E-state index is 12.0. The molecule has 2 rings (SSSR count). The number of nitrogens with zero attached hydrogens (tertiary/aromatic N) is 2. The monoisotopic (exact) mass is 374 g/mol. The number of ether oxygens (including phenoxy) is 2. The van der Waals surface area contributed by atoms with Crippen LogP contribution in [0.4, 0.5) is 5.69 Å². The Kier molecular flexibility index (Phi) is 6.53. The van der Waals surface area contributed by atoms with E-state index in [1.54, 1.807) is 42.9 Å². The third-order valence-corrected chi connectivity index (χ3v) is 3.88. The fourth-order valence-corrected chi connectivity index (χ4v) is 2.32. The molecule has 0 bridgehead atoms. The van der Waals surface area contributed by atoms with Gasteiger partial charge < -0.3 is 20.1 Å². The zero-order valence-corrected chi connectivity index (χ0v) is 15.7. The summed E-state index contributed by atoms with van der Waals surface area (Å²) in [7, 11) is 3.29. The predicted molar refractivity (Wildman–Crippen MR) is 97.6 cm³/mol. The van der Waals surface area contributed by atoms with Crippen LogP contribution < -0.4 is 15.4 Å². The molecule has 0 spiro atoms. The minimum Gasteiger partial charge on any atom is -0.497 e. The molecule has 0 radical (unpaired) electrons. The van der Waals surface area contributed by atoms with Crippen LogP contribution in [0.5, 0.6) is 5.75 Å². The third-order valence-electron chi connectivity index (χ3n) is 3.88. The summed E-state index contributed by atoms with van der Waals surface area (Å²) in [6.45, 7) is 2.79. The lowest BCUT2D eigenvalue weighted by molar-refractivity contribution is -0.146. The van der Waals surface area contributed by atoms with Crippen LogP contribution in [0.15, 0.2) is 24.3 Å². The van der Waals surface area contributed by atoms with Gasteiger partial charge in [-0.2, -0.15) is 5.10 Å². The maximum Gasteiger partial charge on any atom is 0.325 e. The van der Waals surface area contributed by atoms with Crippen molar-refractivity contribution >= 4 is 23.5 Å². The zero-order chi connectivity index (χ0) is 20.0. The fraction of sp³-hybridized carbons (Fsp3) is 0.333. The average Bonchev–Trinajstić information content (AvgIpc) is 2.90. The van der Waals surface area contributed by atoms with Gasteiger partial charge in [0.15, 0.2) is 6.61 Å². The summed E-state index contributed by atoms with van der Waals surface area (Å²) in [5.41, 5.74) is 2.43.